The van der Waals surface area contributed by atoms with Gasteiger partial charge in [0.1, 0.15) is 6.04 Å². The molecule has 0 radical (unpaired) electrons. The van der Waals surface area contributed by atoms with E-state index < -0.39 is 23.5 Å². The topological polar surface area (TPSA) is 70.2 Å². The molecule has 1 aromatic carbocycles. The first-order chi connectivity index (χ1) is 11.2. The number of para-hydroxylation sites is 1. The number of hydrogen-bond acceptors (Lipinski definition) is 3. The standard InChI is InChI=1S/C15H20F3N3O2S/c1-10(2)12(13(22)19-8-9-24-15(16,17)18)21-14(23)20-11-6-4-3-5-7-11/h3-7,10,12H,8-9H2,1-2H3,(H,19,22)(H2,20,21,23). The molecule has 1 rings (SSSR count). The lowest BCUT2D eigenvalue weighted by molar-refractivity contribution is -0.123. The van der Waals surface area contributed by atoms with Crippen molar-refractivity contribution in [3.05, 3.63) is 30.3 Å². The van der Waals surface area contributed by atoms with Crippen molar-refractivity contribution in [2.75, 3.05) is 17.6 Å². The first kappa shape index (κ1) is 20.1. The first-order valence-corrected chi connectivity index (χ1v) is 8.28. The number of halogens is 3. The van der Waals surface area contributed by atoms with Gasteiger partial charge in [-0.15, -0.1) is 0 Å². The Labute approximate surface area is 142 Å². The highest BCUT2D eigenvalue weighted by molar-refractivity contribution is 8.00. The number of alkyl halides is 3. The minimum absolute atomic E-state index is 0.131. The average molecular weight is 363 g/mol. The van der Waals surface area contributed by atoms with Crippen LogP contribution in [0.5, 0.6) is 0 Å². The third-order valence-corrected chi connectivity index (χ3v) is 3.67. The van der Waals surface area contributed by atoms with Crippen molar-refractivity contribution >= 4 is 29.4 Å². The van der Waals surface area contributed by atoms with E-state index in [0.717, 1.165) is 0 Å². The van der Waals surface area contributed by atoms with E-state index in [-0.39, 0.29) is 30.0 Å². The second-order valence-corrected chi connectivity index (χ2v) is 6.43. The minimum atomic E-state index is -4.32. The molecule has 0 aromatic heterocycles. The van der Waals surface area contributed by atoms with Gasteiger partial charge in [0.05, 0.1) is 0 Å². The monoisotopic (exact) mass is 363 g/mol. The highest BCUT2D eigenvalue weighted by Crippen LogP contribution is 2.29. The van der Waals surface area contributed by atoms with Gasteiger partial charge in [0, 0.05) is 18.0 Å². The summed E-state index contributed by atoms with van der Waals surface area (Å²) in [5.74, 6) is -1.02. The average Bonchev–Trinajstić information content (AvgIpc) is 2.48. The Morgan fingerprint density at radius 1 is 1.17 bits per heavy atom. The zero-order valence-electron chi connectivity index (χ0n) is 13.3. The normalized spacial score (nSPS) is 12.6. The lowest BCUT2D eigenvalue weighted by atomic mass is 10.0. The number of amides is 3. The number of nitrogens with one attached hydrogen (secondary N) is 3. The largest absolute Gasteiger partial charge is 0.441 e. The van der Waals surface area contributed by atoms with Crippen LogP contribution in [0.25, 0.3) is 0 Å². The minimum Gasteiger partial charge on any atom is -0.353 e. The van der Waals surface area contributed by atoms with E-state index >= 15 is 0 Å². The smallest absolute Gasteiger partial charge is 0.353 e. The van der Waals surface area contributed by atoms with Gasteiger partial charge in [-0.2, -0.15) is 13.2 Å². The SMILES string of the molecule is CC(C)C(NC(=O)Nc1ccccc1)C(=O)NCCSC(F)(F)F. The molecule has 0 aliphatic rings. The molecule has 5 nitrogen and oxygen atoms in total. The summed E-state index contributed by atoms with van der Waals surface area (Å²) in [4.78, 5) is 24.0. The summed E-state index contributed by atoms with van der Waals surface area (Å²) >= 11 is -0.203. The molecule has 3 N–H and O–H groups in total. The number of hydrogen-bond donors (Lipinski definition) is 3. The van der Waals surface area contributed by atoms with Crippen LogP contribution in [0.2, 0.25) is 0 Å². The van der Waals surface area contributed by atoms with E-state index in [2.05, 4.69) is 16.0 Å². The Kier molecular flexibility index (Phi) is 7.90. The summed E-state index contributed by atoms with van der Waals surface area (Å²) in [6.07, 6.45) is 0. The fourth-order valence-electron chi connectivity index (χ4n) is 1.82. The van der Waals surface area contributed by atoms with Crippen LogP contribution in [0.4, 0.5) is 23.7 Å². The summed E-state index contributed by atoms with van der Waals surface area (Å²) in [6, 6.07) is 7.29. The van der Waals surface area contributed by atoms with Crippen LogP contribution in [0, 0.1) is 5.92 Å². The number of benzene rings is 1. The van der Waals surface area contributed by atoms with Gasteiger partial charge < -0.3 is 16.0 Å². The predicted octanol–water partition coefficient (Wildman–Crippen LogP) is 3.20. The van der Waals surface area contributed by atoms with Gasteiger partial charge in [0.2, 0.25) is 5.91 Å². The van der Waals surface area contributed by atoms with E-state index in [9.17, 15) is 22.8 Å². The van der Waals surface area contributed by atoms with Gasteiger partial charge in [-0.3, -0.25) is 4.79 Å². The molecule has 1 atom stereocenters. The van der Waals surface area contributed by atoms with Gasteiger partial charge in [0.25, 0.3) is 0 Å². The van der Waals surface area contributed by atoms with Gasteiger partial charge in [-0.25, -0.2) is 4.79 Å². The van der Waals surface area contributed by atoms with Gasteiger partial charge in [-0.1, -0.05) is 32.0 Å². The summed E-state index contributed by atoms with van der Waals surface area (Å²) in [5.41, 5.74) is -3.75. The van der Waals surface area contributed by atoms with E-state index in [1.807, 2.05) is 0 Å². The van der Waals surface area contributed by atoms with Gasteiger partial charge in [-0.05, 0) is 29.8 Å². The van der Waals surface area contributed by atoms with E-state index in [1.165, 1.54) is 0 Å². The van der Waals surface area contributed by atoms with Crippen molar-refractivity contribution in [1.29, 1.82) is 0 Å². The number of urea groups is 1. The number of rotatable bonds is 7. The third kappa shape index (κ3) is 8.09. The zero-order chi connectivity index (χ0) is 18.2. The maximum atomic E-state index is 12.1. The van der Waals surface area contributed by atoms with Crippen molar-refractivity contribution in [3.63, 3.8) is 0 Å². The van der Waals surface area contributed by atoms with Gasteiger partial charge in [0.15, 0.2) is 0 Å². The predicted molar refractivity (Wildman–Crippen MR) is 88.7 cm³/mol. The first-order valence-electron chi connectivity index (χ1n) is 7.30. The zero-order valence-corrected chi connectivity index (χ0v) is 14.1. The highest BCUT2D eigenvalue weighted by atomic mass is 32.2. The molecule has 0 fully saturated rings. The van der Waals surface area contributed by atoms with Crippen LogP contribution in [-0.2, 0) is 4.79 Å². The molecule has 0 aliphatic heterocycles. The molecule has 9 heteroatoms. The number of thioether (sulfide) groups is 1. The highest BCUT2D eigenvalue weighted by Gasteiger charge is 2.28. The Balaban J connectivity index is 2.47. The number of carbonyl (C=O) groups is 2. The summed E-state index contributed by atoms with van der Waals surface area (Å²) < 4.78 is 36.1. The van der Waals surface area contributed by atoms with E-state index in [1.54, 1.807) is 44.2 Å². The van der Waals surface area contributed by atoms with Crippen LogP contribution < -0.4 is 16.0 Å². The van der Waals surface area contributed by atoms with Gasteiger partial charge >= 0.3 is 11.5 Å². The van der Waals surface area contributed by atoms with Crippen molar-refractivity contribution in [1.82, 2.24) is 10.6 Å². The van der Waals surface area contributed by atoms with E-state index in [0.29, 0.717) is 5.69 Å². The fraction of sp³-hybridized carbons (Fsp3) is 0.467. The molecule has 3 amide bonds. The molecule has 0 saturated heterocycles. The molecule has 0 saturated carbocycles. The summed E-state index contributed by atoms with van der Waals surface area (Å²) in [6.45, 7) is 3.34. The second-order valence-electron chi connectivity index (χ2n) is 5.27. The quantitative estimate of drug-likeness (QED) is 0.652. The molecular weight excluding hydrogens is 343 g/mol. The van der Waals surface area contributed by atoms with Crippen LogP contribution >= 0.6 is 11.8 Å². The molecule has 0 heterocycles. The van der Waals surface area contributed by atoms with Crippen LogP contribution in [0.15, 0.2) is 30.3 Å². The van der Waals surface area contributed by atoms with Crippen molar-refractivity contribution in [2.24, 2.45) is 5.92 Å². The van der Waals surface area contributed by atoms with Crippen molar-refractivity contribution in [3.8, 4) is 0 Å². The number of anilines is 1. The molecule has 24 heavy (non-hydrogen) atoms. The maximum Gasteiger partial charge on any atom is 0.441 e. The molecule has 1 aromatic rings. The maximum absolute atomic E-state index is 12.1. The van der Waals surface area contributed by atoms with Crippen molar-refractivity contribution < 1.29 is 22.8 Å². The molecule has 0 spiro atoms. The van der Waals surface area contributed by atoms with Crippen LogP contribution in [-0.4, -0.2) is 35.8 Å². The Hall–Kier alpha value is -1.90. The van der Waals surface area contributed by atoms with E-state index in [4.69, 9.17) is 0 Å². The second kappa shape index (κ2) is 9.41. The van der Waals surface area contributed by atoms with Crippen LogP contribution in [0.1, 0.15) is 13.8 Å². The molecule has 0 bridgehead atoms. The lowest BCUT2D eigenvalue weighted by Crippen LogP contribution is -2.51. The summed E-state index contributed by atoms with van der Waals surface area (Å²) in [5, 5.41) is 7.52. The lowest BCUT2D eigenvalue weighted by Gasteiger charge is -2.22. The third-order valence-electron chi connectivity index (χ3n) is 2.93. The Bertz CT molecular complexity index is 539. The van der Waals surface area contributed by atoms with Crippen molar-refractivity contribution in [2.45, 2.75) is 25.4 Å². The Morgan fingerprint density at radius 3 is 2.33 bits per heavy atom. The Morgan fingerprint density at radius 2 is 1.79 bits per heavy atom. The number of carbonyl (C=O) groups excluding carboxylic acids is 2. The molecular formula is C15H20F3N3O2S. The van der Waals surface area contributed by atoms with Crippen LogP contribution in [0.3, 0.4) is 0 Å². The molecule has 0 aliphatic carbocycles. The molecule has 1 unspecified atom stereocenters. The fourth-order valence-corrected chi connectivity index (χ4v) is 2.25. The molecule has 134 valence electrons. The summed E-state index contributed by atoms with van der Waals surface area (Å²) in [7, 11) is 0.